The van der Waals surface area contributed by atoms with E-state index < -0.39 is 23.9 Å². The molecule has 444 valence electrons. The molecule has 8 aromatic carbocycles. The van der Waals surface area contributed by atoms with Gasteiger partial charge in [-0.3, -0.25) is 0 Å². The first kappa shape index (κ1) is 61.0. The van der Waals surface area contributed by atoms with Crippen LogP contribution in [0.3, 0.4) is 0 Å². The summed E-state index contributed by atoms with van der Waals surface area (Å²) < 4.78 is 61.7. The lowest BCUT2D eigenvalue weighted by atomic mass is 9.91. The summed E-state index contributed by atoms with van der Waals surface area (Å²) in [7, 11) is 0. The van der Waals surface area contributed by atoms with E-state index in [9.17, 15) is 19.2 Å². The Morgan fingerprint density at radius 1 is 0.256 bits per heavy atom. The van der Waals surface area contributed by atoms with Crippen LogP contribution < -0.4 is 28.4 Å². The van der Waals surface area contributed by atoms with Gasteiger partial charge < -0.3 is 47.4 Å². The second-order valence-electron chi connectivity index (χ2n) is 20.4. The quantitative estimate of drug-likeness (QED) is 0.0466. The maximum Gasteiger partial charge on any atom is 0.344 e. The molecule has 8 aromatic rings. The average Bonchev–Trinajstić information content (AvgIpc) is 3.71. The van der Waals surface area contributed by atoms with Crippen LogP contribution >= 0.6 is 0 Å². The summed E-state index contributed by atoms with van der Waals surface area (Å²) in [5, 5.41) is 0. The van der Waals surface area contributed by atoms with Gasteiger partial charge in [-0.1, -0.05) is 170 Å². The first-order valence-corrected chi connectivity index (χ1v) is 29.2. The number of carbonyl (C=O) groups excluding carboxylic acids is 4. The molecule has 0 aromatic heterocycles. The predicted octanol–water partition coefficient (Wildman–Crippen LogP) is 12.5. The minimum Gasteiger partial charge on any atom is -0.488 e. The van der Waals surface area contributed by atoms with Gasteiger partial charge in [-0.25, -0.2) is 19.2 Å². The normalized spacial score (nSPS) is 11.9. The third-order valence-corrected chi connectivity index (χ3v) is 14.4. The monoisotopic (exact) mass is 1160 g/mol. The van der Waals surface area contributed by atoms with Crippen LogP contribution in [0, 0.1) is 0 Å². The maximum absolute atomic E-state index is 13.2. The molecule has 86 heavy (non-hydrogen) atoms. The Labute approximate surface area is 502 Å². The van der Waals surface area contributed by atoms with E-state index in [1.165, 1.54) is 0 Å². The molecule has 0 unspecified atom stereocenters. The van der Waals surface area contributed by atoms with Crippen LogP contribution in [0.15, 0.2) is 170 Å². The highest BCUT2D eigenvalue weighted by Gasteiger charge is 2.25. The van der Waals surface area contributed by atoms with E-state index in [4.69, 9.17) is 47.4 Å². The molecular weight excluding hydrogens is 1090 g/mol. The second kappa shape index (κ2) is 30.8. The summed E-state index contributed by atoms with van der Waals surface area (Å²) in [5.74, 6) is 1.11. The fraction of sp³-hybridized carbons (Fsp3) is 0.278. The molecule has 14 nitrogen and oxygen atoms in total. The highest BCUT2D eigenvalue weighted by molar-refractivity contribution is 5.73. The molecule has 0 atom stereocenters. The first-order chi connectivity index (χ1) is 42.1. The number of esters is 4. The van der Waals surface area contributed by atoms with Gasteiger partial charge in [0.25, 0.3) is 0 Å². The van der Waals surface area contributed by atoms with E-state index >= 15 is 0 Å². The van der Waals surface area contributed by atoms with Gasteiger partial charge >= 0.3 is 23.9 Å². The summed E-state index contributed by atoms with van der Waals surface area (Å²) in [5.41, 5.74) is 11.4. The van der Waals surface area contributed by atoms with Crippen molar-refractivity contribution in [3.63, 3.8) is 0 Å². The van der Waals surface area contributed by atoms with Gasteiger partial charge in [0.15, 0.2) is 26.4 Å². The van der Waals surface area contributed by atoms with Crippen LogP contribution in [0.1, 0.15) is 106 Å². The second-order valence-corrected chi connectivity index (χ2v) is 20.4. The molecule has 0 fully saturated rings. The Balaban J connectivity index is 1.27. The molecule has 14 heteroatoms. The molecule has 0 aliphatic heterocycles. The van der Waals surface area contributed by atoms with E-state index in [1.807, 2.05) is 170 Å². The van der Waals surface area contributed by atoms with Gasteiger partial charge in [0, 0.05) is 38.5 Å². The molecule has 0 saturated heterocycles. The third kappa shape index (κ3) is 16.4. The van der Waals surface area contributed by atoms with E-state index in [-0.39, 0.29) is 78.9 Å². The van der Waals surface area contributed by atoms with Crippen LogP contribution in [0.5, 0.6) is 34.5 Å². The Morgan fingerprint density at radius 2 is 0.442 bits per heavy atom. The van der Waals surface area contributed by atoms with Crippen LogP contribution in [-0.2, 0) is 89.9 Å². The SMILES string of the molecule is CCOC(=O)COc1c2cccc1Cc1cccc(c1OCc1ccccc1)Cc1cccc(c1OCC(=O)OCC)Cc1cccc(c1OCC(=O)OCC)Cc1cccc(c1OCc1ccccc1)Cc1cccc(c1OCC(=O)OCC)C2. The van der Waals surface area contributed by atoms with Crippen molar-refractivity contribution in [1.82, 2.24) is 0 Å². The van der Waals surface area contributed by atoms with Crippen molar-refractivity contribution >= 4 is 23.9 Å². The zero-order chi connectivity index (χ0) is 60.0. The molecule has 9 rings (SSSR count). The molecule has 0 radical (unpaired) electrons. The van der Waals surface area contributed by atoms with Crippen molar-refractivity contribution in [3.05, 3.63) is 248 Å². The minimum atomic E-state index is -0.523. The first-order valence-electron chi connectivity index (χ1n) is 29.2. The third-order valence-electron chi connectivity index (χ3n) is 14.4. The van der Waals surface area contributed by atoms with Crippen LogP contribution in [-0.4, -0.2) is 76.7 Å². The van der Waals surface area contributed by atoms with Crippen molar-refractivity contribution in [3.8, 4) is 34.5 Å². The molecule has 1 aliphatic carbocycles. The van der Waals surface area contributed by atoms with Gasteiger partial charge in [0.05, 0.1) is 26.4 Å². The highest BCUT2D eigenvalue weighted by Crippen LogP contribution is 2.41. The number of carbonyl (C=O) groups is 4. The molecule has 0 N–H and O–H groups in total. The summed E-state index contributed by atoms with van der Waals surface area (Å²) >= 11 is 0. The Hall–Kier alpha value is -9.56. The van der Waals surface area contributed by atoms with E-state index in [2.05, 4.69) is 0 Å². The summed E-state index contributed by atoms with van der Waals surface area (Å²) in [4.78, 5) is 52.7. The molecular formula is C72H72O14. The molecule has 0 saturated carbocycles. The number of rotatable bonds is 22. The largest absolute Gasteiger partial charge is 0.488 e. The van der Waals surface area contributed by atoms with Crippen molar-refractivity contribution in [2.45, 2.75) is 79.4 Å². The lowest BCUT2D eigenvalue weighted by Crippen LogP contribution is -2.17. The number of fused-ring (bicyclic) bond motifs is 12. The fourth-order valence-electron chi connectivity index (χ4n) is 10.6. The summed E-state index contributed by atoms with van der Waals surface area (Å²) in [6, 6.07) is 55.5. The molecule has 0 amide bonds. The van der Waals surface area contributed by atoms with Gasteiger partial charge in [-0.15, -0.1) is 0 Å². The molecule has 0 spiro atoms. The van der Waals surface area contributed by atoms with Gasteiger partial charge in [-0.2, -0.15) is 0 Å². The van der Waals surface area contributed by atoms with E-state index in [0.29, 0.717) is 60.2 Å². The Morgan fingerprint density at radius 3 is 0.628 bits per heavy atom. The Bertz CT molecular complexity index is 3180. The number of ether oxygens (including phenoxy) is 10. The average molecular weight is 1160 g/mol. The number of hydrogen-bond donors (Lipinski definition) is 0. The standard InChI is InChI=1S/C72H72O14/c1-5-77-63(73)45-83-69-55-29-17-33-59(69)41-60-34-18-30-56(70(60)84-46-64(74)78-6-2)39-53-27-16-28-54(68(53)82-44-50-23-13-10-14-24-50)40-58-32-20-36-62(72(58)86-48-66(76)80-8-4)42-61-35-19-31-57(71(61)85-47-65(75)79-7-3)38-52-26-15-25-51(37-55)67(52)81-43-49-21-11-9-12-22-49/h9-36H,5-8,37-48H2,1-4H3. The zero-order valence-electron chi connectivity index (χ0n) is 49.2. The van der Waals surface area contributed by atoms with E-state index in [1.54, 1.807) is 27.7 Å². The smallest absolute Gasteiger partial charge is 0.344 e. The Kier molecular flexibility index (Phi) is 21.9. The van der Waals surface area contributed by atoms with Crippen LogP contribution in [0.4, 0.5) is 0 Å². The van der Waals surface area contributed by atoms with Crippen LogP contribution in [0.25, 0.3) is 0 Å². The van der Waals surface area contributed by atoms with Gasteiger partial charge in [-0.05, 0) is 106 Å². The summed E-state index contributed by atoms with van der Waals surface area (Å²) in [6.07, 6.45) is 1.79. The highest BCUT2D eigenvalue weighted by atomic mass is 16.6. The number of hydrogen-bond acceptors (Lipinski definition) is 14. The molecule has 12 bridgehead atoms. The van der Waals surface area contributed by atoms with Gasteiger partial charge in [0.2, 0.25) is 0 Å². The fourth-order valence-corrected chi connectivity index (χ4v) is 10.6. The summed E-state index contributed by atoms with van der Waals surface area (Å²) in [6.45, 7) is 6.83. The molecule has 0 heterocycles. The predicted molar refractivity (Wildman–Crippen MR) is 326 cm³/mol. The maximum atomic E-state index is 13.2. The van der Waals surface area contributed by atoms with Crippen molar-refractivity contribution in [2.75, 3.05) is 52.9 Å². The molecule has 1 aliphatic rings. The lowest BCUT2D eigenvalue weighted by Gasteiger charge is -2.22. The number of benzene rings is 8. The number of para-hydroxylation sites is 6. The van der Waals surface area contributed by atoms with Crippen LogP contribution in [0.2, 0.25) is 0 Å². The zero-order valence-corrected chi connectivity index (χ0v) is 49.2. The van der Waals surface area contributed by atoms with Crippen molar-refractivity contribution in [1.29, 1.82) is 0 Å². The topological polar surface area (TPSA) is 161 Å². The van der Waals surface area contributed by atoms with E-state index in [0.717, 1.165) is 77.9 Å². The van der Waals surface area contributed by atoms with Crippen molar-refractivity contribution in [2.24, 2.45) is 0 Å². The van der Waals surface area contributed by atoms with Gasteiger partial charge in [0.1, 0.15) is 47.7 Å². The lowest BCUT2D eigenvalue weighted by molar-refractivity contribution is -0.146. The van der Waals surface area contributed by atoms with Crippen molar-refractivity contribution < 1.29 is 66.5 Å². The minimum absolute atomic E-state index is 0.180.